The lowest BCUT2D eigenvalue weighted by molar-refractivity contribution is -0.131. The molecular formula is C21H24N2O2. The molecule has 2 heterocycles. The normalized spacial score (nSPS) is 23.1. The molecule has 2 fully saturated rings. The highest BCUT2D eigenvalue weighted by atomic mass is 16.5. The second kappa shape index (κ2) is 6.89. The number of carbonyl (C=O) groups is 1. The summed E-state index contributed by atoms with van der Waals surface area (Å²) in [6, 6.07) is 18.5. The molecule has 1 amide bonds. The fourth-order valence-corrected chi connectivity index (χ4v) is 4.10. The first-order chi connectivity index (χ1) is 12.2. The van der Waals surface area contributed by atoms with E-state index in [4.69, 9.17) is 4.74 Å². The lowest BCUT2D eigenvalue weighted by Gasteiger charge is -2.22. The van der Waals surface area contributed by atoms with Crippen LogP contribution in [0.1, 0.15) is 11.1 Å². The van der Waals surface area contributed by atoms with Gasteiger partial charge in [-0.05, 0) is 23.3 Å². The minimum atomic E-state index is 0.168. The summed E-state index contributed by atoms with van der Waals surface area (Å²) >= 11 is 0. The van der Waals surface area contributed by atoms with E-state index in [0.29, 0.717) is 18.4 Å². The first-order valence-electron chi connectivity index (χ1n) is 8.91. The molecule has 2 saturated heterocycles. The molecule has 2 aromatic rings. The number of benzene rings is 2. The first-order valence-corrected chi connectivity index (χ1v) is 8.91. The quantitative estimate of drug-likeness (QED) is 0.842. The average Bonchev–Trinajstić information content (AvgIpc) is 3.16. The molecule has 4 rings (SSSR count). The maximum Gasteiger partial charge on any atom is 0.227 e. The van der Waals surface area contributed by atoms with E-state index in [-0.39, 0.29) is 5.92 Å². The van der Waals surface area contributed by atoms with Crippen molar-refractivity contribution in [3.63, 3.8) is 0 Å². The van der Waals surface area contributed by atoms with Crippen molar-refractivity contribution < 1.29 is 9.53 Å². The van der Waals surface area contributed by atoms with Gasteiger partial charge in [-0.3, -0.25) is 9.69 Å². The summed E-state index contributed by atoms with van der Waals surface area (Å²) in [5.41, 5.74) is 2.49. The fraction of sp³-hybridized carbons (Fsp3) is 0.381. The Hall–Kier alpha value is -2.33. The molecule has 25 heavy (non-hydrogen) atoms. The summed E-state index contributed by atoms with van der Waals surface area (Å²) in [5.74, 6) is 1.80. The van der Waals surface area contributed by atoms with E-state index in [1.54, 1.807) is 7.11 Å². The summed E-state index contributed by atoms with van der Waals surface area (Å²) in [6.45, 7) is 4.43. The van der Waals surface area contributed by atoms with Gasteiger partial charge in [0, 0.05) is 38.6 Å². The Kier molecular flexibility index (Phi) is 4.45. The van der Waals surface area contributed by atoms with Crippen LogP contribution >= 0.6 is 0 Å². The van der Waals surface area contributed by atoms with Crippen LogP contribution in [-0.2, 0) is 17.9 Å². The minimum absolute atomic E-state index is 0.168. The molecular weight excluding hydrogens is 312 g/mol. The molecule has 0 aromatic heterocycles. The highest BCUT2D eigenvalue weighted by molar-refractivity contribution is 5.82. The molecule has 2 aliphatic heterocycles. The maximum atomic E-state index is 12.8. The van der Waals surface area contributed by atoms with Gasteiger partial charge in [0.25, 0.3) is 0 Å². The molecule has 2 aromatic carbocycles. The number of ether oxygens (including phenoxy) is 1. The SMILES string of the molecule is COc1ccc(CN2C[C@H]3CN(Cc4ccccc4)C[C@@H]3C2=O)cc1. The Morgan fingerprint density at radius 2 is 1.64 bits per heavy atom. The van der Waals surface area contributed by atoms with Crippen LogP contribution in [0.4, 0.5) is 0 Å². The number of methoxy groups -OCH3 is 1. The molecule has 0 spiro atoms. The molecule has 0 aliphatic carbocycles. The van der Waals surface area contributed by atoms with Gasteiger partial charge in [0.05, 0.1) is 13.0 Å². The zero-order valence-electron chi connectivity index (χ0n) is 14.6. The maximum absolute atomic E-state index is 12.8. The van der Waals surface area contributed by atoms with Crippen molar-refractivity contribution in [3.05, 3.63) is 65.7 Å². The molecule has 0 N–H and O–H groups in total. The molecule has 130 valence electrons. The van der Waals surface area contributed by atoms with Crippen LogP contribution in [0.15, 0.2) is 54.6 Å². The van der Waals surface area contributed by atoms with Gasteiger partial charge in [0.1, 0.15) is 5.75 Å². The van der Waals surface area contributed by atoms with E-state index in [2.05, 4.69) is 29.2 Å². The van der Waals surface area contributed by atoms with Gasteiger partial charge in [-0.15, -0.1) is 0 Å². The van der Waals surface area contributed by atoms with Gasteiger partial charge in [0.2, 0.25) is 5.91 Å². The third-order valence-electron chi connectivity index (χ3n) is 5.38. The molecule has 2 atom stereocenters. The second-order valence-electron chi connectivity index (χ2n) is 7.11. The molecule has 4 heteroatoms. The third-order valence-corrected chi connectivity index (χ3v) is 5.38. The number of carbonyl (C=O) groups excluding carboxylic acids is 1. The summed E-state index contributed by atoms with van der Waals surface area (Å²) in [7, 11) is 1.67. The Bertz CT molecular complexity index is 729. The van der Waals surface area contributed by atoms with Crippen molar-refractivity contribution >= 4 is 5.91 Å². The lowest BCUT2D eigenvalue weighted by Crippen LogP contribution is -2.32. The molecule has 4 nitrogen and oxygen atoms in total. The van der Waals surface area contributed by atoms with Gasteiger partial charge in [0.15, 0.2) is 0 Å². The van der Waals surface area contributed by atoms with Crippen molar-refractivity contribution in [1.29, 1.82) is 0 Å². The predicted molar refractivity (Wildman–Crippen MR) is 97.1 cm³/mol. The smallest absolute Gasteiger partial charge is 0.227 e. The number of amides is 1. The van der Waals surface area contributed by atoms with Crippen molar-refractivity contribution in [2.45, 2.75) is 13.1 Å². The average molecular weight is 336 g/mol. The number of fused-ring (bicyclic) bond motifs is 1. The van der Waals surface area contributed by atoms with Crippen molar-refractivity contribution in [2.75, 3.05) is 26.7 Å². The number of likely N-dealkylation sites (tertiary alicyclic amines) is 2. The van der Waals surface area contributed by atoms with E-state index in [9.17, 15) is 4.79 Å². The number of hydrogen-bond donors (Lipinski definition) is 0. The number of nitrogens with zero attached hydrogens (tertiary/aromatic N) is 2. The zero-order chi connectivity index (χ0) is 17.2. The van der Waals surface area contributed by atoms with E-state index < -0.39 is 0 Å². The molecule has 2 aliphatic rings. The van der Waals surface area contributed by atoms with E-state index in [0.717, 1.165) is 37.5 Å². The van der Waals surface area contributed by atoms with Gasteiger partial charge in [-0.1, -0.05) is 42.5 Å². The minimum Gasteiger partial charge on any atom is -0.497 e. The molecule has 0 radical (unpaired) electrons. The Balaban J connectivity index is 1.35. The fourth-order valence-electron chi connectivity index (χ4n) is 4.10. The monoisotopic (exact) mass is 336 g/mol. The van der Waals surface area contributed by atoms with Gasteiger partial charge >= 0.3 is 0 Å². The van der Waals surface area contributed by atoms with Crippen LogP contribution in [0.3, 0.4) is 0 Å². The van der Waals surface area contributed by atoms with Crippen LogP contribution in [0.25, 0.3) is 0 Å². The lowest BCUT2D eigenvalue weighted by atomic mass is 10.0. The van der Waals surface area contributed by atoms with Crippen molar-refractivity contribution in [2.24, 2.45) is 11.8 Å². The topological polar surface area (TPSA) is 32.8 Å². The van der Waals surface area contributed by atoms with E-state index >= 15 is 0 Å². The largest absolute Gasteiger partial charge is 0.497 e. The molecule has 0 saturated carbocycles. The van der Waals surface area contributed by atoms with Crippen LogP contribution in [0.2, 0.25) is 0 Å². The van der Waals surface area contributed by atoms with Crippen molar-refractivity contribution in [3.8, 4) is 5.75 Å². The van der Waals surface area contributed by atoms with Gasteiger partial charge in [-0.25, -0.2) is 0 Å². The highest BCUT2D eigenvalue weighted by Crippen LogP contribution is 2.33. The number of hydrogen-bond acceptors (Lipinski definition) is 3. The molecule has 0 bridgehead atoms. The summed E-state index contributed by atoms with van der Waals surface area (Å²) < 4.78 is 5.20. The van der Waals surface area contributed by atoms with Crippen LogP contribution < -0.4 is 4.74 Å². The predicted octanol–water partition coefficient (Wildman–Crippen LogP) is 2.79. The number of rotatable bonds is 5. The summed E-state index contributed by atoms with van der Waals surface area (Å²) in [6.07, 6.45) is 0. The van der Waals surface area contributed by atoms with E-state index in [1.165, 1.54) is 5.56 Å². The standard InChI is InChI=1S/C21H24N2O2/c1-25-19-9-7-17(8-10-19)12-23-14-18-13-22(15-20(18)21(23)24)11-16-5-3-2-4-6-16/h2-10,18,20H,11-15H2,1H3/t18-,20+/m1/s1. The third kappa shape index (κ3) is 3.40. The van der Waals surface area contributed by atoms with Crippen molar-refractivity contribution in [1.82, 2.24) is 9.80 Å². The Labute approximate surface area is 149 Å². The van der Waals surface area contributed by atoms with Crippen LogP contribution in [-0.4, -0.2) is 42.5 Å². The Morgan fingerprint density at radius 1 is 0.920 bits per heavy atom. The van der Waals surface area contributed by atoms with E-state index in [1.807, 2.05) is 35.2 Å². The molecule has 0 unspecified atom stereocenters. The van der Waals surface area contributed by atoms with Crippen LogP contribution in [0.5, 0.6) is 5.75 Å². The highest BCUT2D eigenvalue weighted by Gasteiger charge is 2.45. The first kappa shape index (κ1) is 16.2. The van der Waals surface area contributed by atoms with Crippen LogP contribution in [0, 0.1) is 11.8 Å². The van der Waals surface area contributed by atoms with Gasteiger partial charge < -0.3 is 9.64 Å². The van der Waals surface area contributed by atoms with Gasteiger partial charge in [-0.2, -0.15) is 0 Å². The zero-order valence-corrected chi connectivity index (χ0v) is 14.6. The second-order valence-corrected chi connectivity index (χ2v) is 7.11. The Morgan fingerprint density at radius 3 is 2.32 bits per heavy atom. The summed E-state index contributed by atoms with van der Waals surface area (Å²) in [5, 5.41) is 0. The summed E-state index contributed by atoms with van der Waals surface area (Å²) in [4.78, 5) is 17.2.